The molecular weight excluding hydrogens is 310 g/mol. The van der Waals surface area contributed by atoms with E-state index in [-0.39, 0.29) is 16.7 Å². The van der Waals surface area contributed by atoms with E-state index < -0.39 is 17.8 Å². The van der Waals surface area contributed by atoms with Gasteiger partial charge in [-0.3, -0.25) is 9.59 Å². The van der Waals surface area contributed by atoms with E-state index in [9.17, 15) is 14.4 Å². The van der Waals surface area contributed by atoms with Crippen LogP contribution < -0.4 is 4.74 Å². The zero-order valence-corrected chi connectivity index (χ0v) is 13.0. The van der Waals surface area contributed by atoms with Gasteiger partial charge in [0.25, 0.3) is 11.8 Å². The Balaban J connectivity index is 1.76. The Hall–Kier alpha value is -3.15. The summed E-state index contributed by atoms with van der Waals surface area (Å²) >= 11 is 0. The maximum absolute atomic E-state index is 12.2. The summed E-state index contributed by atoms with van der Waals surface area (Å²) in [5, 5.41) is 0.493. The standard InChI is InChI=1S/C18H15NO5/c1-2-10-23-13-7-5-6-12(11-13)18(22)24-19-16(20)14-8-3-4-9-15(14)17(19)21/h3-9,11H,2,10H2,1H3. The minimum absolute atomic E-state index is 0.195. The van der Waals surface area contributed by atoms with Crippen LogP contribution in [0.25, 0.3) is 0 Å². The summed E-state index contributed by atoms with van der Waals surface area (Å²) in [6.07, 6.45) is 0.837. The lowest BCUT2D eigenvalue weighted by atomic mass is 10.1. The third kappa shape index (κ3) is 2.86. The van der Waals surface area contributed by atoms with Crippen LogP contribution in [0.2, 0.25) is 0 Å². The SMILES string of the molecule is CCCOc1cccc(C(=O)ON2C(=O)c3ccccc3C2=O)c1. The van der Waals surface area contributed by atoms with Gasteiger partial charge in [0.15, 0.2) is 0 Å². The van der Waals surface area contributed by atoms with Crippen molar-refractivity contribution in [3.05, 3.63) is 65.2 Å². The van der Waals surface area contributed by atoms with Gasteiger partial charge in [0, 0.05) is 0 Å². The number of hydrogen-bond acceptors (Lipinski definition) is 5. The maximum atomic E-state index is 12.2. The predicted molar refractivity (Wildman–Crippen MR) is 84.6 cm³/mol. The molecule has 3 rings (SSSR count). The molecule has 1 aliphatic heterocycles. The molecule has 0 radical (unpaired) electrons. The number of hydroxylamine groups is 2. The van der Waals surface area contributed by atoms with Crippen molar-refractivity contribution < 1.29 is 24.0 Å². The highest BCUT2D eigenvalue weighted by atomic mass is 16.7. The average molecular weight is 325 g/mol. The molecular formula is C18H15NO5. The molecule has 0 N–H and O–H groups in total. The topological polar surface area (TPSA) is 72.9 Å². The molecule has 2 amide bonds. The first-order valence-electron chi connectivity index (χ1n) is 7.54. The summed E-state index contributed by atoms with van der Waals surface area (Å²) in [5.74, 6) is -1.58. The number of nitrogens with zero attached hydrogens (tertiary/aromatic N) is 1. The molecule has 24 heavy (non-hydrogen) atoms. The van der Waals surface area contributed by atoms with E-state index in [1.54, 1.807) is 24.3 Å². The van der Waals surface area contributed by atoms with Crippen LogP contribution in [0.15, 0.2) is 48.5 Å². The van der Waals surface area contributed by atoms with Crippen LogP contribution in [0.1, 0.15) is 44.4 Å². The Morgan fingerprint density at radius 3 is 2.29 bits per heavy atom. The zero-order chi connectivity index (χ0) is 17.1. The van der Waals surface area contributed by atoms with Crippen LogP contribution in [-0.4, -0.2) is 29.5 Å². The highest BCUT2D eigenvalue weighted by Crippen LogP contribution is 2.24. The predicted octanol–water partition coefficient (Wildman–Crippen LogP) is 2.84. The van der Waals surface area contributed by atoms with E-state index in [1.165, 1.54) is 24.3 Å². The van der Waals surface area contributed by atoms with E-state index in [1.807, 2.05) is 6.92 Å². The average Bonchev–Trinajstić information content (AvgIpc) is 2.85. The summed E-state index contributed by atoms with van der Waals surface area (Å²) in [4.78, 5) is 41.6. The van der Waals surface area contributed by atoms with Crippen LogP contribution in [0.4, 0.5) is 0 Å². The molecule has 0 saturated heterocycles. The first kappa shape index (κ1) is 15.7. The van der Waals surface area contributed by atoms with E-state index in [0.29, 0.717) is 17.4 Å². The van der Waals surface area contributed by atoms with Gasteiger partial charge in [-0.2, -0.15) is 0 Å². The molecule has 6 heteroatoms. The molecule has 2 aromatic carbocycles. The Morgan fingerprint density at radius 2 is 1.67 bits per heavy atom. The van der Waals surface area contributed by atoms with E-state index in [2.05, 4.69) is 0 Å². The molecule has 0 aromatic heterocycles. The minimum Gasteiger partial charge on any atom is -0.494 e. The summed E-state index contributed by atoms with van der Waals surface area (Å²) in [6, 6.07) is 12.7. The van der Waals surface area contributed by atoms with Crippen LogP contribution in [0.3, 0.4) is 0 Å². The van der Waals surface area contributed by atoms with Gasteiger partial charge in [-0.25, -0.2) is 4.79 Å². The van der Waals surface area contributed by atoms with Gasteiger partial charge in [-0.15, -0.1) is 0 Å². The first-order valence-corrected chi connectivity index (χ1v) is 7.54. The number of benzene rings is 2. The van der Waals surface area contributed by atoms with Gasteiger partial charge in [0.1, 0.15) is 5.75 Å². The van der Waals surface area contributed by atoms with Crippen LogP contribution in [0.5, 0.6) is 5.75 Å². The highest BCUT2D eigenvalue weighted by Gasteiger charge is 2.38. The Morgan fingerprint density at radius 1 is 1.00 bits per heavy atom. The number of amides is 2. The molecule has 0 aliphatic carbocycles. The van der Waals surface area contributed by atoms with Gasteiger partial charge < -0.3 is 9.57 Å². The monoisotopic (exact) mass is 325 g/mol. The van der Waals surface area contributed by atoms with Crippen molar-refractivity contribution in [3.8, 4) is 5.75 Å². The van der Waals surface area contributed by atoms with E-state index in [0.717, 1.165) is 6.42 Å². The summed E-state index contributed by atoms with van der Waals surface area (Å²) in [5.41, 5.74) is 0.630. The minimum atomic E-state index is -0.800. The quantitative estimate of drug-likeness (QED) is 0.790. The number of carbonyl (C=O) groups is 3. The molecule has 0 bridgehead atoms. The van der Waals surface area contributed by atoms with Gasteiger partial charge in [0.2, 0.25) is 0 Å². The van der Waals surface area contributed by atoms with Crippen molar-refractivity contribution in [3.63, 3.8) is 0 Å². The lowest BCUT2D eigenvalue weighted by Gasteiger charge is -2.13. The second kappa shape index (κ2) is 6.54. The number of hydrogen-bond donors (Lipinski definition) is 0. The largest absolute Gasteiger partial charge is 0.494 e. The van der Waals surface area contributed by atoms with Crippen molar-refractivity contribution in [2.75, 3.05) is 6.61 Å². The third-order valence-electron chi connectivity index (χ3n) is 3.47. The van der Waals surface area contributed by atoms with Gasteiger partial charge >= 0.3 is 5.97 Å². The number of imide groups is 1. The number of rotatable bonds is 5. The molecule has 0 fully saturated rings. The Kier molecular flexibility index (Phi) is 4.29. The molecule has 122 valence electrons. The van der Waals surface area contributed by atoms with Gasteiger partial charge in [-0.05, 0) is 36.8 Å². The summed E-state index contributed by atoms with van der Waals surface area (Å²) in [7, 11) is 0. The number of fused-ring (bicyclic) bond motifs is 1. The van der Waals surface area contributed by atoms with E-state index in [4.69, 9.17) is 9.57 Å². The van der Waals surface area contributed by atoms with Crippen molar-refractivity contribution in [2.24, 2.45) is 0 Å². The zero-order valence-electron chi connectivity index (χ0n) is 13.0. The first-order chi connectivity index (χ1) is 11.6. The van der Waals surface area contributed by atoms with Gasteiger partial charge in [0.05, 0.1) is 23.3 Å². The molecule has 6 nitrogen and oxygen atoms in total. The summed E-state index contributed by atoms with van der Waals surface area (Å²) in [6.45, 7) is 2.50. The number of ether oxygens (including phenoxy) is 1. The molecule has 1 aliphatic rings. The fourth-order valence-corrected chi connectivity index (χ4v) is 2.32. The van der Waals surface area contributed by atoms with Crippen molar-refractivity contribution in [1.82, 2.24) is 5.06 Å². The third-order valence-corrected chi connectivity index (χ3v) is 3.47. The normalized spacial score (nSPS) is 13.0. The van der Waals surface area contributed by atoms with Crippen LogP contribution in [0, 0.1) is 0 Å². The lowest BCUT2D eigenvalue weighted by Crippen LogP contribution is -2.32. The van der Waals surface area contributed by atoms with Crippen molar-refractivity contribution in [1.29, 1.82) is 0 Å². The van der Waals surface area contributed by atoms with Crippen molar-refractivity contribution in [2.45, 2.75) is 13.3 Å². The van der Waals surface area contributed by atoms with Crippen LogP contribution >= 0.6 is 0 Å². The van der Waals surface area contributed by atoms with E-state index >= 15 is 0 Å². The fraction of sp³-hybridized carbons (Fsp3) is 0.167. The maximum Gasteiger partial charge on any atom is 0.364 e. The molecule has 0 atom stereocenters. The molecule has 0 spiro atoms. The smallest absolute Gasteiger partial charge is 0.364 e. The fourth-order valence-electron chi connectivity index (χ4n) is 2.32. The molecule has 1 heterocycles. The molecule has 0 unspecified atom stereocenters. The highest BCUT2D eigenvalue weighted by molar-refractivity contribution is 6.21. The van der Waals surface area contributed by atoms with Gasteiger partial charge in [-0.1, -0.05) is 30.2 Å². The van der Waals surface area contributed by atoms with Crippen molar-refractivity contribution >= 4 is 17.8 Å². The Labute approximate surface area is 138 Å². The van der Waals surface area contributed by atoms with Crippen LogP contribution in [-0.2, 0) is 4.84 Å². The molecule has 0 saturated carbocycles. The second-order valence-corrected chi connectivity index (χ2v) is 5.21. The summed E-state index contributed by atoms with van der Waals surface area (Å²) < 4.78 is 5.45. The second-order valence-electron chi connectivity index (χ2n) is 5.21. The molecule has 2 aromatic rings. The lowest BCUT2D eigenvalue weighted by molar-refractivity contribution is -0.0584. The number of carbonyl (C=O) groups excluding carboxylic acids is 3. The Bertz CT molecular complexity index is 780.